The summed E-state index contributed by atoms with van der Waals surface area (Å²) in [5, 5.41) is 0. The Labute approximate surface area is 73.2 Å². The Morgan fingerprint density at radius 1 is 1.08 bits per heavy atom. The van der Waals surface area contributed by atoms with Crippen molar-refractivity contribution in [3.05, 3.63) is 0 Å². The molecule has 2 saturated heterocycles. The average Bonchev–Trinajstić information content (AvgIpc) is 2.66. The van der Waals surface area contributed by atoms with Gasteiger partial charge in [0.25, 0.3) is 0 Å². The van der Waals surface area contributed by atoms with Crippen LogP contribution >= 0.6 is 0 Å². The molecule has 2 nitrogen and oxygen atoms in total. The van der Waals surface area contributed by atoms with E-state index in [9.17, 15) is 0 Å². The van der Waals surface area contributed by atoms with Crippen molar-refractivity contribution < 1.29 is 9.47 Å². The molecule has 12 heavy (non-hydrogen) atoms. The summed E-state index contributed by atoms with van der Waals surface area (Å²) in [6, 6.07) is 0. The fourth-order valence-electron chi connectivity index (χ4n) is 3.23. The van der Waals surface area contributed by atoms with Crippen LogP contribution in [0.4, 0.5) is 0 Å². The molecule has 1 saturated carbocycles. The van der Waals surface area contributed by atoms with Crippen molar-refractivity contribution in [2.45, 2.75) is 56.3 Å². The first-order chi connectivity index (χ1) is 5.62. The zero-order valence-electron chi connectivity index (χ0n) is 7.85. The molecule has 0 aromatic carbocycles. The van der Waals surface area contributed by atoms with Crippen LogP contribution in [0, 0.1) is 0 Å². The summed E-state index contributed by atoms with van der Waals surface area (Å²) in [6.45, 7) is 5.18. The number of hydrogen-bond acceptors (Lipinski definition) is 2. The molecular weight excluding hydrogens is 152 g/mol. The molecule has 0 amide bonds. The smallest absolute Gasteiger partial charge is 0.129 e. The molecule has 2 heterocycles. The SMILES string of the molecule is CC1(C)OCC23CCCCC12O3. The fourth-order valence-corrected chi connectivity index (χ4v) is 3.23. The molecular formula is C10H16O2. The highest BCUT2D eigenvalue weighted by Gasteiger charge is 2.81. The van der Waals surface area contributed by atoms with Gasteiger partial charge in [-0.05, 0) is 26.7 Å². The predicted molar refractivity (Wildman–Crippen MR) is 45.0 cm³/mol. The van der Waals surface area contributed by atoms with Crippen LogP contribution in [0.3, 0.4) is 0 Å². The molecule has 2 heteroatoms. The lowest BCUT2D eigenvalue weighted by molar-refractivity contribution is -0.0736. The lowest BCUT2D eigenvalue weighted by atomic mass is 9.74. The summed E-state index contributed by atoms with van der Waals surface area (Å²) in [6.07, 6.45) is 5.06. The first-order valence-electron chi connectivity index (χ1n) is 4.96. The Hall–Kier alpha value is -0.0800. The van der Waals surface area contributed by atoms with Crippen molar-refractivity contribution in [3.8, 4) is 0 Å². The molecule has 3 rings (SSSR count). The largest absolute Gasteiger partial charge is 0.369 e. The highest BCUT2D eigenvalue weighted by Crippen LogP contribution is 2.67. The summed E-state index contributed by atoms with van der Waals surface area (Å²) in [4.78, 5) is 0. The van der Waals surface area contributed by atoms with Crippen LogP contribution in [-0.2, 0) is 9.47 Å². The zero-order chi connectivity index (χ0) is 8.45. The molecule has 0 spiro atoms. The second-order valence-electron chi connectivity index (χ2n) is 4.93. The summed E-state index contributed by atoms with van der Waals surface area (Å²) in [5.74, 6) is 0. The molecule has 3 aliphatic rings. The van der Waals surface area contributed by atoms with Gasteiger partial charge in [-0.3, -0.25) is 0 Å². The van der Waals surface area contributed by atoms with Gasteiger partial charge in [-0.25, -0.2) is 0 Å². The van der Waals surface area contributed by atoms with Crippen molar-refractivity contribution in [1.29, 1.82) is 0 Å². The minimum atomic E-state index is -0.0343. The van der Waals surface area contributed by atoms with Gasteiger partial charge >= 0.3 is 0 Å². The van der Waals surface area contributed by atoms with Crippen LogP contribution in [-0.4, -0.2) is 23.4 Å². The highest BCUT2D eigenvalue weighted by molar-refractivity contribution is 5.28. The van der Waals surface area contributed by atoms with Gasteiger partial charge in [0.2, 0.25) is 0 Å². The van der Waals surface area contributed by atoms with E-state index in [0.29, 0.717) is 0 Å². The Kier molecular flexibility index (Phi) is 1.06. The fraction of sp³-hybridized carbons (Fsp3) is 1.00. The minimum absolute atomic E-state index is 0.0343. The third-order valence-electron chi connectivity index (χ3n) is 4.06. The van der Waals surface area contributed by atoms with Gasteiger partial charge in [-0.15, -0.1) is 0 Å². The number of rotatable bonds is 0. The summed E-state index contributed by atoms with van der Waals surface area (Å²) in [5.41, 5.74) is 0.223. The van der Waals surface area contributed by atoms with Crippen LogP contribution in [0.2, 0.25) is 0 Å². The van der Waals surface area contributed by atoms with Gasteiger partial charge in [0, 0.05) is 0 Å². The average molecular weight is 168 g/mol. The van der Waals surface area contributed by atoms with E-state index in [1.54, 1.807) is 0 Å². The van der Waals surface area contributed by atoms with E-state index in [1.165, 1.54) is 25.7 Å². The highest BCUT2D eigenvalue weighted by atomic mass is 16.7. The molecule has 2 aliphatic heterocycles. The van der Waals surface area contributed by atoms with E-state index >= 15 is 0 Å². The normalized spacial score (nSPS) is 54.5. The van der Waals surface area contributed by atoms with Gasteiger partial charge in [-0.1, -0.05) is 12.8 Å². The van der Waals surface area contributed by atoms with E-state index in [0.717, 1.165) is 6.61 Å². The molecule has 0 aromatic heterocycles. The maximum absolute atomic E-state index is 5.98. The van der Waals surface area contributed by atoms with E-state index in [-0.39, 0.29) is 16.8 Å². The number of epoxide rings is 1. The molecule has 2 unspecified atom stereocenters. The predicted octanol–water partition coefficient (Wildman–Crippen LogP) is 1.88. The minimum Gasteiger partial charge on any atom is -0.369 e. The number of hydrogen-bond donors (Lipinski definition) is 0. The van der Waals surface area contributed by atoms with Gasteiger partial charge < -0.3 is 9.47 Å². The van der Waals surface area contributed by atoms with Crippen LogP contribution in [0.1, 0.15) is 39.5 Å². The van der Waals surface area contributed by atoms with E-state index in [2.05, 4.69) is 13.8 Å². The third-order valence-corrected chi connectivity index (χ3v) is 4.06. The lowest BCUT2D eigenvalue weighted by Crippen LogP contribution is -2.41. The van der Waals surface area contributed by atoms with Gasteiger partial charge in [0.1, 0.15) is 11.2 Å². The third kappa shape index (κ3) is 0.549. The van der Waals surface area contributed by atoms with Crippen molar-refractivity contribution >= 4 is 0 Å². The van der Waals surface area contributed by atoms with E-state index in [1.807, 2.05) is 0 Å². The molecule has 0 aromatic rings. The molecule has 0 N–H and O–H groups in total. The first kappa shape index (κ1) is 7.34. The van der Waals surface area contributed by atoms with E-state index < -0.39 is 0 Å². The summed E-state index contributed by atoms with van der Waals surface area (Å²) >= 11 is 0. The van der Waals surface area contributed by atoms with Crippen LogP contribution in [0.25, 0.3) is 0 Å². The topological polar surface area (TPSA) is 21.8 Å². The van der Waals surface area contributed by atoms with Crippen LogP contribution in [0.5, 0.6) is 0 Å². The lowest BCUT2D eigenvalue weighted by Gasteiger charge is -2.28. The summed E-state index contributed by atoms with van der Waals surface area (Å²) in [7, 11) is 0. The molecule has 3 fully saturated rings. The van der Waals surface area contributed by atoms with E-state index in [4.69, 9.17) is 9.47 Å². The van der Waals surface area contributed by atoms with Crippen molar-refractivity contribution in [1.82, 2.24) is 0 Å². The summed E-state index contributed by atoms with van der Waals surface area (Å²) < 4.78 is 11.8. The Bertz CT molecular complexity index is 232. The molecule has 1 aliphatic carbocycles. The Balaban J connectivity index is 2.01. The zero-order valence-corrected chi connectivity index (χ0v) is 7.85. The van der Waals surface area contributed by atoms with Crippen LogP contribution < -0.4 is 0 Å². The first-order valence-corrected chi connectivity index (χ1v) is 4.96. The quantitative estimate of drug-likeness (QED) is 0.515. The van der Waals surface area contributed by atoms with Crippen molar-refractivity contribution in [2.24, 2.45) is 0 Å². The monoisotopic (exact) mass is 168 g/mol. The Morgan fingerprint density at radius 2 is 1.83 bits per heavy atom. The molecule has 0 bridgehead atoms. The maximum Gasteiger partial charge on any atom is 0.129 e. The van der Waals surface area contributed by atoms with Crippen LogP contribution in [0.15, 0.2) is 0 Å². The van der Waals surface area contributed by atoms with Gasteiger partial charge in [0.05, 0.1) is 12.2 Å². The number of ether oxygens (including phenoxy) is 2. The second-order valence-corrected chi connectivity index (χ2v) is 4.93. The van der Waals surface area contributed by atoms with Crippen molar-refractivity contribution in [3.63, 3.8) is 0 Å². The Morgan fingerprint density at radius 3 is 2.58 bits per heavy atom. The van der Waals surface area contributed by atoms with Crippen molar-refractivity contribution in [2.75, 3.05) is 6.61 Å². The molecule has 68 valence electrons. The standard InChI is InChI=1S/C10H16O2/c1-8(2)10-6-4-3-5-9(10,12-10)7-11-8/h3-7H2,1-2H3. The second kappa shape index (κ2) is 1.73. The molecule has 0 radical (unpaired) electrons. The molecule has 2 atom stereocenters. The maximum atomic E-state index is 5.98. The van der Waals surface area contributed by atoms with Gasteiger partial charge in [0.15, 0.2) is 0 Å². The van der Waals surface area contributed by atoms with Gasteiger partial charge in [-0.2, -0.15) is 0 Å².